The van der Waals surface area contributed by atoms with E-state index in [0.29, 0.717) is 19.3 Å². The molecule has 6 heteroatoms. The van der Waals surface area contributed by atoms with E-state index in [9.17, 15) is 14.4 Å². The Kier molecular flexibility index (Phi) is 68.0. The summed E-state index contributed by atoms with van der Waals surface area (Å²) >= 11 is 0. The highest BCUT2D eigenvalue weighted by molar-refractivity contribution is 5.71. The van der Waals surface area contributed by atoms with Gasteiger partial charge in [-0.1, -0.05) is 373 Å². The molecule has 80 heavy (non-hydrogen) atoms. The Labute approximate surface area is 501 Å². The largest absolute Gasteiger partial charge is 0.462 e. The topological polar surface area (TPSA) is 78.9 Å². The summed E-state index contributed by atoms with van der Waals surface area (Å²) in [4.78, 5) is 38.2. The zero-order chi connectivity index (χ0) is 57.8. The van der Waals surface area contributed by atoms with Crippen LogP contribution in [0, 0.1) is 0 Å². The van der Waals surface area contributed by atoms with Crippen LogP contribution in [0.5, 0.6) is 0 Å². The molecule has 0 rings (SSSR count). The van der Waals surface area contributed by atoms with Crippen molar-refractivity contribution in [2.75, 3.05) is 13.2 Å². The van der Waals surface area contributed by atoms with Crippen LogP contribution in [0.25, 0.3) is 0 Å². The molecule has 0 amide bonds. The van der Waals surface area contributed by atoms with Gasteiger partial charge in [0.2, 0.25) is 0 Å². The summed E-state index contributed by atoms with van der Waals surface area (Å²) < 4.78 is 16.9. The molecule has 0 aliphatic heterocycles. The van der Waals surface area contributed by atoms with Crippen LogP contribution in [0.1, 0.15) is 425 Å². The van der Waals surface area contributed by atoms with E-state index >= 15 is 0 Å². The predicted octanol–water partition coefficient (Wildman–Crippen LogP) is 25.2. The predicted molar refractivity (Wildman–Crippen MR) is 349 cm³/mol. The zero-order valence-electron chi connectivity index (χ0n) is 54.6. The Hall–Kier alpha value is -1.85. The summed E-state index contributed by atoms with van der Waals surface area (Å²) in [5, 5.41) is 0. The van der Waals surface area contributed by atoms with Gasteiger partial charge in [0.05, 0.1) is 0 Å². The lowest BCUT2D eigenvalue weighted by Crippen LogP contribution is -2.30. The molecular weight excluding hydrogens is 985 g/mol. The van der Waals surface area contributed by atoms with Gasteiger partial charge in [-0.25, -0.2) is 0 Å². The van der Waals surface area contributed by atoms with Crippen molar-refractivity contribution in [2.45, 2.75) is 431 Å². The molecule has 0 heterocycles. The Morgan fingerprint density at radius 1 is 0.237 bits per heavy atom. The van der Waals surface area contributed by atoms with Gasteiger partial charge >= 0.3 is 17.9 Å². The van der Waals surface area contributed by atoms with Crippen molar-refractivity contribution in [3.05, 3.63) is 12.2 Å². The van der Waals surface area contributed by atoms with Crippen molar-refractivity contribution in [1.82, 2.24) is 0 Å². The van der Waals surface area contributed by atoms with Crippen LogP contribution in [0.15, 0.2) is 12.2 Å². The second-order valence-corrected chi connectivity index (χ2v) is 25.2. The van der Waals surface area contributed by atoms with E-state index in [2.05, 4.69) is 32.9 Å². The molecule has 0 spiro atoms. The molecule has 0 aliphatic rings. The number of hydrogen-bond acceptors (Lipinski definition) is 6. The molecule has 474 valence electrons. The summed E-state index contributed by atoms with van der Waals surface area (Å²) in [5.41, 5.74) is 0. The van der Waals surface area contributed by atoms with Gasteiger partial charge < -0.3 is 14.2 Å². The smallest absolute Gasteiger partial charge is 0.306 e. The number of carbonyl (C=O) groups is 3. The van der Waals surface area contributed by atoms with Gasteiger partial charge in [0.15, 0.2) is 6.10 Å². The lowest BCUT2D eigenvalue weighted by molar-refractivity contribution is -0.167. The van der Waals surface area contributed by atoms with Crippen LogP contribution in [0.2, 0.25) is 0 Å². The van der Waals surface area contributed by atoms with Crippen molar-refractivity contribution in [3.63, 3.8) is 0 Å². The summed E-state index contributed by atoms with van der Waals surface area (Å²) in [5.74, 6) is -0.833. The third kappa shape index (κ3) is 66.9. The van der Waals surface area contributed by atoms with E-state index in [-0.39, 0.29) is 31.1 Å². The van der Waals surface area contributed by atoms with Crippen LogP contribution in [-0.2, 0) is 28.6 Å². The number of hydrogen-bond donors (Lipinski definition) is 0. The van der Waals surface area contributed by atoms with Gasteiger partial charge in [0.1, 0.15) is 13.2 Å². The molecule has 0 fully saturated rings. The minimum absolute atomic E-state index is 0.0622. The quantitative estimate of drug-likeness (QED) is 0.0261. The average Bonchev–Trinajstić information content (AvgIpc) is 3.46. The summed E-state index contributed by atoms with van der Waals surface area (Å²) in [6.45, 7) is 6.69. The molecule has 0 bridgehead atoms. The minimum Gasteiger partial charge on any atom is -0.462 e. The second kappa shape index (κ2) is 69.6. The molecule has 1 unspecified atom stereocenters. The van der Waals surface area contributed by atoms with Crippen molar-refractivity contribution in [2.24, 2.45) is 0 Å². The zero-order valence-corrected chi connectivity index (χ0v) is 54.6. The number of ether oxygens (including phenoxy) is 3. The first-order chi connectivity index (χ1) is 39.5. The average molecular weight is 1130 g/mol. The van der Waals surface area contributed by atoms with Gasteiger partial charge in [0, 0.05) is 19.3 Å². The maximum absolute atomic E-state index is 12.9. The van der Waals surface area contributed by atoms with Gasteiger partial charge in [-0.3, -0.25) is 14.4 Å². The van der Waals surface area contributed by atoms with Crippen LogP contribution in [0.4, 0.5) is 0 Å². The molecule has 6 nitrogen and oxygen atoms in total. The van der Waals surface area contributed by atoms with E-state index in [4.69, 9.17) is 14.2 Å². The minimum atomic E-state index is -0.763. The van der Waals surface area contributed by atoms with Crippen molar-refractivity contribution in [1.29, 1.82) is 0 Å². The Bertz CT molecular complexity index is 1250. The monoisotopic (exact) mass is 1130 g/mol. The van der Waals surface area contributed by atoms with Crippen LogP contribution in [-0.4, -0.2) is 37.2 Å². The van der Waals surface area contributed by atoms with E-state index in [1.54, 1.807) is 0 Å². The van der Waals surface area contributed by atoms with Crippen LogP contribution in [0.3, 0.4) is 0 Å². The van der Waals surface area contributed by atoms with E-state index in [1.807, 2.05) is 0 Å². The van der Waals surface area contributed by atoms with Crippen LogP contribution >= 0.6 is 0 Å². The molecule has 0 saturated carbocycles. The molecule has 0 aromatic carbocycles. The van der Waals surface area contributed by atoms with Gasteiger partial charge in [-0.05, 0) is 44.9 Å². The number of esters is 3. The number of allylic oxidation sites excluding steroid dienone is 2. The van der Waals surface area contributed by atoms with Gasteiger partial charge in [-0.2, -0.15) is 0 Å². The molecule has 0 aliphatic carbocycles. The lowest BCUT2D eigenvalue weighted by Gasteiger charge is -2.18. The van der Waals surface area contributed by atoms with E-state index in [1.165, 1.54) is 327 Å². The number of rotatable bonds is 69. The molecule has 0 aromatic rings. The lowest BCUT2D eigenvalue weighted by atomic mass is 10.0. The first-order valence-electron chi connectivity index (χ1n) is 36.7. The summed E-state index contributed by atoms with van der Waals surface area (Å²) in [7, 11) is 0. The van der Waals surface area contributed by atoms with Gasteiger partial charge in [0.25, 0.3) is 0 Å². The fourth-order valence-electron chi connectivity index (χ4n) is 11.5. The molecule has 0 N–H and O–H groups in total. The van der Waals surface area contributed by atoms with E-state index < -0.39 is 6.10 Å². The van der Waals surface area contributed by atoms with Crippen molar-refractivity contribution >= 4 is 17.9 Å². The van der Waals surface area contributed by atoms with Gasteiger partial charge in [-0.15, -0.1) is 0 Å². The fourth-order valence-corrected chi connectivity index (χ4v) is 11.5. The number of carbonyl (C=O) groups excluding carboxylic acids is 3. The first kappa shape index (κ1) is 78.1. The standard InChI is InChI=1S/C74H142O6/c1-4-7-10-13-16-19-21-23-25-27-29-30-31-32-33-34-35-36-37-38-39-40-41-42-43-44-46-47-49-51-53-55-58-61-64-67-73(76)79-70-71(69-78-72(75)66-63-60-57-18-15-12-9-6-3)80-74(77)68-65-62-59-56-54-52-50-48-45-28-26-24-22-20-17-14-11-8-5-2/h27,29,71H,4-26,28,30-70H2,1-3H3/b29-27-. The van der Waals surface area contributed by atoms with Crippen LogP contribution < -0.4 is 0 Å². The molecule has 0 saturated heterocycles. The maximum Gasteiger partial charge on any atom is 0.306 e. The molecule has 1 atom stereocenters. The van der Waals surface area contributed by atoms with E-state index in [0.717, 1.165) is 57.8 Å². The highest BCUT2D eigenvalue weighted by Gasteiger charge is 2.20. The second-order valence-electron chi connectivity index (χ2n) is 25.2. The molecule has 0 aromatic heterocycles. The van der Waals surface area contributed by atoms with Crippen molar-refractivity contribution in [3.8, 4) is 0 Å². The summed E-state index contributed by atoms with van der Waals surface area (Å²) in [6.07, 6.45) is 84.3. The highest BCUT2D eigenvalue weighted by Crippen LogP contribution is 2.19. The molecular formula is C74H142O6. The molecule has 0 radical (unpaired) electrons. The number of unbranched alkanes of at least 4 members (excludes halogenated alkanes) is 56. The Balaban J connectivity index is 3.94. The Morgan fingerprint density at radius 2 is 0.412 bits per heavy atom. The highest BCUT2D eigenvalue weighted by atomic mass is 16.6. The summed E-state index contributed by atoms with van der Waals surface area (Å²) in [6, 6.07) is 0. The first-order valence-corrected chi connectivity index (χ1v) is 36.7. The SMILES string of the molecule is CCCCCCCCCC/C=C\CCCCCCCCCCCCCCCCCCCCCCCCCC(=O)OCC(COC(=O)CCCCCCCCCC)OC(=O)CCCCCCCCCCCCCCCCCCCCC. The third-order valence-corrected chi connectivity index (χ3v) is 17.0. The maximum atomic E-state index is 12.9. The van der Waals surface area contributed by atoms with Crippen molar-refractivity contribution < 1.29 is 28.6 Å². The Morgan fingerprint density at radius 3 is 0.625 bits per heavy atom. The fraction of sp³-hybridized carbons (Fsp3) is 0.932. The third-order valence-electron chi connectivity index (χ3n) is 17.0. The normalized spacial score (nSPS) is 12.0.